The van der Waals surface area contributed by atoms with Crippen molar-refractivity contribution in [2.75, 3.05) is 13.1 Å². The molecule has 3 N–H and O–H groups in total. The Morgan fingerprint density at radius 3 is 2.46 bits per heavy atom. The molecule has 0 fully saturated rings. The molecule has 1 heterocycles. The van der Waals surface area contributed by atoms with Crippen molar-refractivity contribution in [3.05, 3.63) is 66.0 Å². The first-order valence-corrected chi connectivity index (χ1v) is 9.25. The number of nitrogens with one attached hydrogen (secondary N) is 3. The molecule has 1 aromatic heterocycles. The SMILES string of the molecule is CCNC(=NCc1ccccn1)NCC(C)(C)NC(C)c1ccccc1. The van der Waals surface area contributed by atoms with Crippen molar-refractivity contribution in [2.24, 2.45) is 4.99 Å². The molecule has 0 aliphatic carbocycles. The van der Waals surface area contributed by atoms with Crippen molar-refractivity contribution in [1.82, 2.24) is 20.9 Å². The summed E-state index contributed by atoms with van der Waals surface area (Å²) in [6.07, 6.45) is 1.79. The Bertz CT molecular complexity index is 667. The normalized spacial score (nSPS) is 13.3. The zero-order valence-electron chi connectivity index (χ0n) is 16.3. The summed E-state index contributed by atoms with van der Waals surface area (Å²) in [5.74, 6) is 0.806. The first-order chi connectivity index (χ1) is 12.5. The number of guanidine groups is 1. The van der Waals surface area contributed by atoms with E-state index < -0.39 is 0 Å². The Labute approximate surface area is 157 Å². The number of aliphatic imine (C=N–C) groups is 1. The van der Waals surface area contributed by atoms with Crippen LogP contribution in [0.25, 0.3) is 0 Å². The number of rotatable bonds is 8. The van der Waals surface area contributed by atoms with Gasteiger partial charge >= 0.3 is 0 Å². The zero-order valence-corrected chi connectivity index (χ0v) is 16.3. The maximum atomic E-state index is 4.63. The van der Waals surface area contributed by atoms with Crippen LogP contribution in [0.1, 0.15) is 45.0 Å². The van der Waals surface area contributed by atoms with Crippen LogP contribution in [0.4, 0.5) is 0 Å². The topological polar surface area (TPSA) is 61.3 Å². The van der Waals surface area contributed by atoms with Gasteiger partial charge in [-0.25, -0.2) is 4.99 Å². The Hall–Kier alpha value is -2.40. The molecule has 1 atom stereocenters. The lowest BCUT2D eigenvalue weighted by Gasteiger charge is -2.31. The van der Waals surface area contributed by atoms with Gasteiger partial charge in [0.15, 0.2) is 5.96 Å². The van der Waals surface area contributed by atoms with E-state index in [1.54, 1.807) is 6.20 Å². The maximum Gasteiger partial charge on any atom is 0.191 e. The Kier molecular flexibility index (Phi) is 7.60. The van der Waals surface area contributed by atoms with Gasteiger partial charge in [0.25, 0.3) is 0 Å². The fourth-order valence-corrected chi connectivity index (χ4v) is 2.76. The Balaban J connectivity index is 1.91. The van der Waals surface area contributed by atoms with Gasteiger partial charge in [0, 0.05) is 30.9 Å². The number of hydrogen-bond donors (Lipinski definition) is 3. The van der Waals surface area contributed by atoms with E-state index in [0.717, 1.165) is 24.7 Å². The Morgan fingerprint density at radius 2 is 1.81 bits per heavy atom. The van der Waals surface area contributed by atoms with E-state index in [9.17, 15) is 0 Å². The molecule has 0 saturated carbocycles. The lowest BCUT2D eigenvalue weighted by molar-refractivity contribution is 0.345. The van der Waals surface area contributed by atoms with Crippen molar-refractivity contribution in [3.8, 4) is 0 Å². The fraction of sp³-hybridized carbons (Fsp3) is 0.429. The number of benzene rings is 1. The van der Waals surface area contributed by atoms with Gasteiger partial charge in [-0.3, -0.25) is 4.98 Å². The van der Waals surface area contributed by atoms with Crippen LogP contribution in [0.2, 0.25) is 0 Å². The molecule has 0 aliphatic heterocycles. The summed E-state index contributed by atoms with van der Waals surface area (Å²) in [5.41, 5.74) is 2.16. The third-order valence-corrected chi connectivity index (χ3v) is 4.07. The lowest BCUT2D eigenvalue weighted by atomic mass is 10.0. The highest BCUT2D eigenvalue weighted by atomic mass is 15.2. The highest BCUT2D eigenvalue weighted by molar-refractivity contribution is 5.79. The zero-order chi connectivity index (χ0) is 18.8. The molecular formula is C21H31N5. The first kappa shape index (κ1) is 19.9. The molecule has 1 aromatic carbocycles. The molecule has 5 nitrogen and oxygen atoms in total. The van der Waals surface area contributed by atoms with E-state index >= 15 is 0 Å². The minimum Gasteiger partial charge on any atom is -0.357 e. The number of hydrogen-bond acceptors (Lipinski definition) is 3. The third-order valence-electron chi connectivity index (χ3n) is 4.07. The van der Waals surface area contributed by atoms with E-state index in [1.807, 2.05) is 24.3 Å². The largest absolute Gasteiger partial charge is 0.357 e. The summed E-state index contributed by atoms with van der Waals surface area (Å²) in [7, 11) is 0. The van der Waals surface area contributed by atoms with Crippen LogP contribution in [-0.2, 0) is 6.54 Å². The highest BCUT2D eigenvalue weighted by Gasteiger charge is 2.21. The second-order valence-electron chi connectivity index (χ2n) is 7.03. The highest BCUT2D eigenvalue weighted by Crippen LogP contribution is 2.15. The average molecular weight is 354 g/mol. The van der Waals surface area contributed by atoms with Gasteiger partial charge in [0.1, 0.15) is 0 Å². The van der Waals surface area contributed by atoms with Crippen molar-refractivity contribution >= 4 is 5.96 Å². The van der Waals surface area contributed by atoms with E-state index in [4.69, 9.17) is 0 Å². The van der Waals surface area contributed by atoms with Crippen LogP contribution in [-0.4, -0.2) is 29.6 Å². The molecule has 1 unspecified atom stereocenters. The summed E-state index contributed by atoms with van der Waals surface area (Å²) in [6, 6.07) is 16.7. The Morgan fingerprint density at radius 1 is 1.08 bits per heavy atom. The van der Waals surface area contributed by atoms with Gasteiger partial charge in [0.05, 0.1) is 12.2 Å². The molecule has 0 amide bonds. The molecule has 26 heavy (non-hydrogen) atoms. The van der Waals surface area contributed by atoms with E-state index in [2.05, 4.69) is 77.9 Å². The molecule has 5 heteroatoms. The average Bonchev–Trinajstić information content (AvgIpc) is 2.65. The monoisotopic (exact) mass is 353 g/mol. The standard InChI is InChI=1S/C21H31N5/c1-5-22-20(24-15-19-13-9-10-14-23-19)25-16-21(3,4)26-17(2)18-11-7-6-8-12-18/h6-14,17,26H,5,15-16H2,1-4H3,(H2,22,24,25). The molecule has 0 saturated heterocycles. The molecular weight excluding hydrogens is 322 g/mol. The molecule has 0 radical (unpaired) electrons. The van der Waals surface area contributed by atoms with Crippen LogP contribution in [0.15, 0.2) is 59.7 Å². The van der Waals surface area contributed by atoms with Crippen LogP contribution < -0.4 is 16.0 Å². The predicted molar refractivity (Wildman–Crippen MR) is 109 cm³/mol. The minimum absolute atomic E-state index is 0.0869. The van der Waals surface area contributed by atoms with Crippen molar-refractivity contribution in [1.29, 1.82) is 0 Å². The van der Waals surface area contributed by atoms with Gasteiger partial charge in [-0.1, -0.05) is 36.4 Å². The first-order valence-electron chi connectivity index (χ1n) is 9.25. The summed E-state index contributed by atoms with van der Waals surface area (Å²) in [4.78, 5) is 8.95. The predicted octanol–water partition coefficient (Wildman–Crippen LogP) is 3.27. The van der Waals surface area contributed by atoms with Crippen LogP contribution in [0.3, 0.4) is 0 Å². The van der Waals surface area contributed by atoms with Crippen LogP contribution >= 0.6 is 0 Å². The second-order valence-corrected chi connectivity index (χ2v) is 7.03. The summed E-state index contributed by atoms with van der Waals surface area (Å²) in [5, 5.41) is 10.4. The molecule has 140 valence electrons. The van der Waals surface area contributed by atoms with Crippen LogP contribution in [0, 0.1) is 0 Å². The van der Waals surface area contributed by atoms with Crippen LogP contribution in [0.5, 0.6) is 0 Å². The second kappa shape index (κ2) is 9.92. The summed E-state index contributed by atoms with van der Waals surface area (Å²) >= 11 is 0. The minimum atomic E-state index is -0.0869. The smallest absolute Gasteiger partial charge is 0.191 e. The van der Waals surface area contributed by atoms with Crippen molar-refractivity contribution in [3.63, 3.8) is 0 Å². The van der Waals surface area contributed by atoms with E-state index in [0.29, 0.717) is 6.54 Å². The third kappa shape index (κ3) is 6.84. The van der Waals surface area contributed by atoms with Gasteiger partial charge in [-0.05, 0) is 45.4 Å². The van der Waals surface area contributed by atoms with Gasteiger partial charge in [0.2, 0.25) is 0 Å². The number of aromatic nitrogens is 1. The number of nitrogens with zero attached hydrogens (tertiary/aromatic N) is 2. The van der Waals surface area contributed by atoms with Crippen molar-refractivity contribution < 1.29 is 0 Å². The van der Waals surface area contributed by atoms with E-state index in [-0.39, 0.29) is 11.6 Å². The molecule has 0 bridgehead atoms. The molecule has 0 aliphatic rings. The van der Waals surface area contributed by atoms with E-state index in [1.165, 1.54) is 5.56 Å². The fourth-order valence-electron chi connectivity index (χ4n) is 2.76. The number of pyridine rings is 1. The quantitative estimate of drug-likeness (QED) is 0.503. The summed E-state index contributed by atoms with van der Waals surface area (Å²) in [6.45, 7) is 10.8. The summed E-state index contributed by atoms with van der Waals surface area (Å²) < 4.78 is 0. The van der Waals surface area contributed by atoms with Gasteiger partial charge in [-0.2, -0.15) is 0 Å². The molecule has 2 rings (SSSR count). The maximum absolute atomic E-state index is 4.63. The molecule has 0 spiro atoms. The lowest BCUT2D eigenvalue weighted by Crippen LogP contribution is -2.52. The van der Waals surface area contributed by atoms with Gasteiger partial charge < -0.3 is 16.0 Å². The molecule has 2 aromatic rings. The van der Waals surface area contributed by atoms with Crippen molar-refractivity contribution in [2.45, 2.75) is 45.8 Å². The van der Waals surface area contributed by atoms with Gasteiger partial charge in [-0.15, -0.1) is 0 Å².